The quantitative estimate of drug-likeness (QED) is 0.527. The predicted octanol–water partition coefficient (Wildman–Crippen LogP) is 4.41. The molecule has 0 aliphatic heterocycles. The summed E-state index contributed by atoms with van der Waals surface area (Å²) in [6, 6.07) is 6.05. The first-order chi connectivity index (χ1) is 10.4. The molecule has 1 saturated carbocycles. The zero-order valence-electron chi connectivity index (χ0n) is 14.4. The number of aryl methyl sites for hydroxylation is 1. The van der Waals surface area contributed by atoms with E-state index in [1.165, 1.54) is 0 Å². The first-order valence-corrected chi connectivity index (χ1v) is 8.44. The molecule has 0 atom stereocenters. The lowest BCUT2D eigenvalue weighted by Gasteiger charge is -2.06. The van der Waals surface area contributed by atoms with Crippen LogP contribution in [0.3, 0.4) is 0 Å². The van der Waals surface area contributed by atoms with Gasteiger partial charge in [-0.15, -0.1) is 0 Å². The summed E-state index contributed by atoms with van der Waals surface area (Å²) < 4.78 is 5.45. The molecule has 0 saturated heterocycles. The summed E-state index contributed by atoms with van der Waals surface area (Å²) in [7, 11) is 0. The van der Waals surface area contributed by atoms with E-state index >= 15 is 0 Å². The smallest absolute Gasteiger partial charge is 0.310 e. The first kappa shape index (κ1) is 17.0. The van der Waals surface area contributed by atoms with Gasteiger partial charge < -0.3 is 4.74 Å². The van der Waals surface area contributed by atoms with Gasteiger partial charge in [-0.3, -0.25) is 9.78 Å². The molecule has 2 rings (SSSR count). The molecule has 1 fully saturated rings. The van der Waals surface area contributed by atoms with Gasteiger partial charge in [0.1, 0.15) is 0 Å². The molecule has 122 valence electrons. The molecule has 1 heterocycles. The SMILES string of the molecule is CC1(C)C(C(=O)OCCCCCCc2ccccn2)C1(C)C. The van der Waals surface area contributed by atoms with Gasteiger partial charge in [0.15, 0.2) is 0 Å². The Morgan fingerprint density at radius 3 is 2.36 bits per heavy atom. The summed E-state index contributed by atoms with van der Waals surface area (Å²) in [5.74, 6) is 0.0487. The van der Waals surface area contributed by atoms with Crippen LogP contribution < -0.4 is 0 Å². The van der Waals surface area contributed by atoms with Crippen LogP contribution in [0.5, 0.6) is 0 Å². The van der Waals surface area contributed by atoms with Crippen molar-refractivity contribution in [3.8, 4) is 0 Å². The fraction of sp³-hybridized carbons (Fsp3) is 0.684. The number of esters is 1. The standard InChI is InChI=1S/C19H29NO2/c1-18(2)16(19(18,3)4)17(21)22-14-10-6-5-7-11-15-12-8-9-13-20-15/h8-9,12-13,16H,5-7,10-11,14H2,1-4H3. The number of carbonyl (C=O) groups is 1. The zero-order chi connectivity index (χ0) is 16.2. The molecule has 0 unspecified atom stereocenters. The van der Waals surface area contributed by atoms with Gasteiger partial charge in [-0.05, 0) is 42.2 Å². The topological polar surface area (TPSA) is 39.2 Å². The maximum absolute atomic E-state index is 12.1. The van der Waals surface area contributed by atoms with Crippen molar-refractivity contribution in [2.45, 2.75) is 59.8 Å². The van der Waals surface area contributed by atoms with Crippen LogP contribution in [-0.2, 0) is 16.0 Å². The van der Waals surface area contributed by atoms with Gasteiger partial charge in [0.05, 0.1) is 12.5 Å². The van der Waals surface area contributed by atoms with E-state index in [0.29, 0.717) is 6.61 Å². The van der Waals surface area contributed by atoms with Gasteiger partial charge in [0.2, 0.25) is 0 Å². The highest BCUT2D eigenvalue weighted by atomic mass is 16.5. The lowest BCUT2D eigenvalue weighted by Crippen LogP contribution is -2.12. The van der Waals surface area contributed by atoms with Gasteiger partial charge in [0.25, 0.3) is 0 Å². The number of unbranched alkanes of at least 4 members (excludes halogenated alkanes) is 3. The Bertz CT molecular complexity index is 479. The monoisotopic (exact) mass is 303 g/mol. The van der Waals surface area contributed by atoms with Gasteiger partial charge >= 0.3 is 5.97 Å². The van der Waals surface area contributed by atoms with Crippen molar-refractivity contribution in [2.24, 2.45) is 16.7 Å². The molecular weight excluding hydrogens is 274 g/mol. The summed E-state index contributed by atoms with van der Waals surface area (Å²) in [5, 5.41) is 0. The lowest BCUT2D eigenvalue weighted by atomic mass is 10.0. The van der Waals surface area contributed by atoms with Crippen molar-refractivity contribution in [1.82, 2.24) is 4.98 Å². The number of nitrogens with zero attached hydrogens (tertiary/aromatic N) is 1. The van der Waals surface area contributed by atoms with E-state index in [1.54, 1.807) is 0 Å². The zero-order valence-corrected chi connectivity index (χ0v) is 14.4. The summed E-state index contributed by atoms with van der Waals surface area (Å²) >= 11 is 0. The van der Waals surface area contributed by atoms with Gasteiger partial charge in [-0.2, -0.15) is 0 Å². The average Bonchev–Trinajstić information content (AvgIpc) is 2.88. The molecule has 1 aromatic heterocycles. The molecular formula is C19H29NO2. The highest BCUT2D eigenvalue weighted by molar-refractivity contribution is 5.78. The number of ether oxygens (including phenoxy) is 1. The van der Waals surface area contributed by atoms with Crippen molar-refractivity contribution in [2.75, 3.05) is 6.61 Å². The minimum Gasteiger partial charge on any atom is -0.465 e. The fourth-order valence-corrected chi connectivity index (χ4v) is 3.35. The molecule has 0 spiro atoms. The van der Waals surface area contributed by atoms with Gasteiger partial charge in [0, 0.05) is 11.9 Å². The highest BCUT2D eigenvalue weighted by Gasteiger charge is 2.69. The summed E-state index contributed by atoms with van der Waals surface area (Å²) in [6.07, 6.45) is 7.25. The maximum atomic E-state index is 12.1. The van der Waals surface area contributed by atoms with Crippen LogP contribution in [0.1, 0.15) is 59.1 Å². The Kier molecular flexibility index (Phi) is 5.25. The largest absolute Gasteiger partial charge is 0.465 e. The number of hydrogen-bond acceptors (Lipinski definition) is 3. The number of carbonyl (C=O) groups excluding carboxylic acids is 1. The normalized spacial score (nSPS) is 18.9. The number of pyridine rings is 1. The summed E-state index contributed by atoms with van der Waals surface area (Å²) in [5.41, 5.74) is 1.31. The second kappa shape index (κ2) is 6.80. The highest BCUT2D eigenvalue weighted by Crippen LogP contribution is 2.68. The number of aromatic nitrogens is 1. The van der Waals surface area contributed by atoms with Crippen LogP contribution in [0.2, 0.25) is 0 Å². The molecule has 0 radical (unpaired) electrons. The second-order valence-electron chi connectivity index (χ2n) is 7.53. The van der Waals surface area contributed by atoms with Crippen LogP contribution in [0.15, 0.2) is 24.4 Å². The van der Waals surface area contributed by atoms with Gasteiger partial charge in [-0.25, -0.2) is 0 Å². The van der Waals surface area contributed by atoms with Crippen LogP contribution >= 0.6 is 0 Å². The summed E-state index contributed by atoms with van der Waals surface area (Å²) in [4.78, 5) is 16.4. The second-order valence-corrected chi connectivity index (χ2v) is 7.53. The third-order valence-electron chi connectivity index (χ3n) is 5.55. The van der Waals surface area contributed by atoms with Crippen molar-refractivity contribution in [1.29, 1.82) is 0 Å². The molecule has 3 heteroatoms. The van der Waals surface area contributed by atoms with Gasteiger partial charge in [-0.1, -0.05) is 46.6 Å². The Labute approximate surface area is 134 Å². The predicted molar refractivity (Wildman–Crippen MR) is 88.4 cm³/mol. The van der Waals surface area contributed by atoms with E-state index in [1.807, 2.05) is 18.3 Å². The first-order valence-electron chi connectivity index (χ1n) is 8.44. The van der Waals surface area contributed by atoms with Crippen LogP contribution in [0.25, 0.3) is 0 Å². The average molecular weight is 303 g/mol. The van der Waals surface area contributed by atoms with E-state index in [0.717, 1.165) is 37.8 Å². The minimum atomic E-state index is -0.0107. The van der Waals surface area contributed by atoms with Crippen molar-refractivity contribution in [3.63, 3.8) is 0 Å². The van der Waals surface area contributed by atoms with E-state index < -0.39 is 0 Å². The molecule has 3 nitrogen and oxygen atoms in total. The summed E-state index contributed by atoms with van der Waals surface area (Å²) in [6.45, 7) is 9.16. The molecule has 1 aliphatic carbocycles. The number of hydrogen-bond donors (Lipinski definition) is 0. The number of rotatable bonds is 8. The van der Waals surface area contributed by atoms with E-state index in [-0.39, 0.29) is 22.7 Å². The Hall–Kier alpha value is -1.38. The third-order valence-corrected chi connectivity index (χ3v) is 5.55. The molecule has 22 heavy (non-hydrogen) atoms. The Morgan fingerprint density at radius 2 is 1.77 bits per heavy atom. The van der Waals surface area contributed by atoms with E-state index in [9.17, 15) is 4.79 Å². The molecule has 0 amide bonds. The van der Waals surface area contributed by atoms with Crippen LogP contribution in [0.4, 0.5) is 0 Å². The Balaban J connectivity index is 1.52. The van der Waals surface area contributed by atoms with E-state index in [4.69, 9.17) is 4.74 Å². The minimum absolute atomic E-state index is 0.0107. The Morgan fingerprint density at radius 1 is 1.09 bits per heavy atom. The van der Waals surface area contributed by atoms with Crippen molar-refractivity contribution >= 4 is 5.97 Å². The molecule has 0 N–H and O–H groups in total. The van der Waals surface area contributed by atoms with Crippen LogP contribution in [-0.4, -0.2) is 17.6 Å². The molecule has 0 aromatic carbocycles. The van der Waals surface area contributed by atoms with E-state index in [2.05, 4.69) is 38.7 Å². The maximum Gasteiger partial charge on any atom is 0.310 e. The van der Waals surface area contributed by atoms with Crippen molar-refractivity contribution in [3.05, 3.63) is 30.1 Å². The lowest BCUT2D eigenvalue weighted by molar-refractivity contribution is -0.146. The molecule has 1 aromatic rings. The molecule has 1 aliphatic rings. The fourth-order valence-electron chi connectivity index (χ4n) is 3.35. The van der Waals surface area contributed by atoms with Crippen molar-refractivity contribution < 1.29 is 9.53 Å². The van der Waals surface area contributed by atoms with Crippen LogP contribution in [0, 0.1) is 16.7 Å². The molecule has 0 bridgehead atoms. The third kappa shape index (κ3) is 3.68.